The lowest BCUT2D eigenvalue weighted by atomic mass is 10.1. The Bertz CT molecular complexity index is 1380. The Hall–Kier alpha value is -5.18. The van der Waals surface area contributed by atoms with Gasteiger partial charge in [0.15, 0.2) is 5.96 Å². The molecular weight excluding hydrogens is 482 g/mol. The van der Waals surface area contributed by atoms with Gasteiger partial charge in [-0.25, -0.2) is 4.99 Å². The van der Waals surface area contributed by atoms with Gasteiger partial charge in [-0.05, 0) is 60.2 Å². The van der Waals surface area contributed by atoms with Gasteiger partial charge in [-0.15, -0.1) is 0 Å². The van der Waals surface area contributed by atoms with Crippen LogP contribution in [0.1, 0.15) is 34.0 Å². The Morgan fingerprint density at radius 2 is 1.58 bits per heavy atom. The molecule has 5 N–H and O–H groups in total. The van der Waals surface area contributed by atoms with E-state index in [4.69, 9.17) is 10.5 Å². The third kappa shape index (κ3) is 7.66. The van der Waals surface area contributed by atoms with Crippen LogP contribution in [0.4, 0.5) is 11.4 Å². The van der Waals surface area contributed by atoms with Gasteiger partial charge >= 0.3 is 5.97 Å². The summed E-state index contributed by atoms with van der Waals surface area (Å²) in [4.78, 5) is 32.3. The van der Waals surface area contributed by atoms with Gasteiger partial charge in [-0.3, -0.25) is 14.6 Å². The second kappa shape index (κ2) is 12.7. The number of rotatable bonds is 10. The first-order chi connectivity index (χ1) is 18.5. The predicted octanol–water partition coefficient (Wildman–Crippen LogP) is 4.86. The second-order valence-electron chi connectivity index (χ2n) is 8.36. The summed E-state index contributed by atoms with van der Waals surface area (Å²) < 4.78 is 5.88. The number of nitrogens with zero attached hydrogens (tertiary/aromatic N) is 2. The zero-order valence-electron chi connectivity index (χ0n) is 20.5. The number of carboxylic acid groups (broad SMARTS) is 1. The van der Waals surface area contributed by atoms with Crippen molar-refractivity contribution in [2.75, 3.05) is 10.6 Å². The number of nitrogens with one attached hydrogen (secondary N) is 2. The first-order valence-corrected chi connectivity index (χ1v) is 11.9. The number of nitrogens with two attached hydrogens (primary N) is 1. The normalized spacial score (nSPS) is 11.8. The van der Waals surface area contributed by atoms with Crippen molar-refractivity contribution < 1.29 is 19.4 Å². The van der Waals surface area contributed by atoms with Crippen molar-refractivity contribution in [3.8, 4) is 5.75 Å². The number of ether oxygens (including phenoxy) is 1. The molecule has 0 saturated heterocycles. The van der Waals surface area contributed by atoms with E-state index in [9.17, 15) is 14.7 Å². The summed E-state index contributed by atoms with van der Waals surface area (Å²) in [6.45, 7) is 0.466. The molecular formula is C29H27N5O4. The fourth-order valence-electron chi connectivity index (χ4n) is 3.59. The molecule has 1 amide bonds. The lowest BCUT2D eigenvalue weighted by Gasteiger charge is -2.18. The van der Waals surface area contributed by atoms with Crippen molar-refractivity contribution in [2.24, 2.45) is 10.7 Å². The maximum atomic E-state index is 12.7. The van der Waals surface area contributed by atoms with Crippen molar-refractivity contribution in [1.29, 1.82) is 0 Å². The minimum Gasteiger partial charge on any atom is -0.485 e. The Kier molecular flexibility index (Phi) is 8.64. The van der Waals surface area contributed by atoms with Crippen molar-refractivity contribution >= 4 is 29.2 Å². The van der Waals surface area contributed by atoms with Crippen LogP contribution in [-0.2, 0) is 11.3 Å². The molecule has 4 rings (SSSR count). The number of hydrogen-bond acceptors (Lipinski definition) is 5. The number of amides is 1. The average Bonchev–Trinajstić information content (AvgIpc) is 2.94. The molecule has 3 aromatic carbocycles. The molecule has 9 nitrogen and oxygen atoms in total. The number of hydrogen-bond donors (Lipinski definition) is 4. The van der Waals surface area contributed by atoms with E-state index in [0.29, 0.717) is 34.8 Å². The van der Waals surface area contributed by atoms with Gasteiger partial charge in [0.05, 0.1) is 13.0 Å². The topological polar surface area (TPSA) is 139 Å². The number of benzene rings is 3. The summed E-state index contributed by atoms with van der Waals surface area (Å²) in [5, 5.41) is 15.1. The third-order valence-electron chi connectivity index (χ3n) is 5.50. The number of pyridine rings is 1. The highest BCUT2D eigenvalue weighted by Crippen LogP contribution is 2.26. The van der Waals surface area contributed by atoms with Gasteiger partial charge in [-0.1, -0.05) is 36.4 Å². The number of aliphatic carboxylic acids is 1. The smallest absolute Gasteiger partial charge is 0.307 e. The molecule has 1 unspecified atom stereocenters. The molecule has 9 heteroatoms. The molecule has 1 atom stereocenters. The quantitative estimate of drug-likeness (QED) is 0.177. The molecule has 4 aromatic rings. The second-order valence-corrected chi connectivity index (χ2v) is 8.36. The molecule has 0 saturated carbocycles. The minimum atomic E-state index is -0.980. The maximum absolute atomic E-state index is 12.7. The van der Waals surface area contributed by atoms with E-state index in [1.165, 1.54) is 0 Å². The summed E-state index contributed by atoms with van der Waals surface area (Å²) in [5.74, 6) is -0.510. The van der Waals surface area contributed by atoms with Gasteiger partial charge < -0.3 is 26.2 Å². The minimum absolute atomic E-state index is 0.209. The van der Waals surface area contributed by atoms with Crippen molar-refractivity contribution in [1.82, 2.24) is 4.98 Å². The number of carbonyl (C=O) groups is 2. The molecule has 0 aliphatic heterocycles. The molecule has 1 heterocycles. The molecule has 0 spiro atoms. The van der Waals surface area contributed by atoms with Crippen LogP contribution in [0, 0.1) is 0 Å². The van der Waals surface area contributed by atoms with Crippen LogP contribution in [0.15, 0.2) is 108 Å². The number of aromatic nitrogens is 1. The molecule has 0 radical (unpaired) electrons. The average molecular weight is 510 g/mol. The summed E-state index contributed by atoms with van der Waals surface area (Å²) in [6.07, 6.45) is 2.29. The zero-order chi connectivity index (χ0) is 26.7. The summed E-state index contributed by atoms with van der Waals surface area (Å²) in [7, 11) is 0. The Labute approximate surface area is 220 Å². The van der Waals surface area contributed by atoms with E-state index < -0.39 is 12.1 Å². The molecule has 1 aromatic heterocycles. The SMILES string of the molecule is NC(=NCc1ccccc1)Nc1ccc(C(=O)Nc2ccc(OC(CC(=O)O)c3cccnc3)cc2)cc1. The zero-order valence-corrected chi connectivity index (χ0v) is 20.5. The first-order valence-electron chi connectivity index (χ1n) is 11.9. The van der Waals surface area contributed by atoms with Crippen molar-refractivity contribution in [3.05, 3.63) is 120 Å². The van der Waals surface area contributed by atoms with Crippen LogP contribution in [-0.4, -0.2) is 27.9 Å². The lowest BCUT2D eigenvalue weighted by molar-refractivity contribution is -0.138. The fraction of sp³-hybridized carbons (Fsp3) is 0.103. The highest BCUT2D eigenvalue weighted by Gasteiger charge is 2.18. The molecule has 0 fully saturated rings. The van der Waals surface area contributed by atoms with Crippen LogP contribution in [0.3, 0.4) is 0 Å². The van der Waals surface area contributed by atoms with Gasteiger partial charge in [0.25, 0.3) is 5.91 Å². The van der Waals surface area contributed by atoms with Crippen LogP contribution in [0.5, 0.6) is 5.75 Å². The van der Waals surface area contributed by atoms with Gasteiger partial charge in [0.2, 0.25) is 0 Å². The predicted molar refractivity (Wildman–Crippen MR) is 146 cm³/mol. The number of carbonyl (C=O) groups excluding carboxylic acids is 1. The fourth-order valence-corrected chi connectivity index (χ4v) is 3.59. The Morgan fingerprint density at radius 1 is 0.895 bits per heavy atom. The standard InChI is InChI=1S/C29H27N5O4/c30-29(32-18-20-5-2-1-3-6-20)34-24-10-8-21(9-11-24)28(37)33-23-12-14-25(15-13-23)38-26(17-27(35)36)22-7-4-16-31-19-22/h1-16,19,26H,17-18H2,(H,33,37)(H,35,36)(H3,30,32,34). The maximum Gasteiger partial charge on any atom is 0.307 e. The summed E-state index contributed by atoms with van der Waals surface area (Å²) in [5.41, 5.74) is 9.43. The summed E-state index contributed by atoms with van der Waals surface area (Å²) in [6, 6.07) is 26.9. The van der Waals surface area contributed by atoms with E-state index in [-0.39, 0.29) is 18.3 Å². The van der Waals surface area contributed by atoms with E-state index in [0.717, 1.165) is 5.56 Å². The number of aliphatic imine (C=N–C) groups is 1. The molecule has 0 aliphatic carbocycles. The number of carboxylic acids is 1. The Balaban J connectivity index is 1.32. The monoisotopic (exact) mass is 509 g/mol. The molecule has 192 valence electrons. The van der Waals surface area contributed by atoms with Crippen LogP contribution < -0.4 is 21.1 Å². The highest BCUT2D eigenvalue weighted by molar-refractivity contribution is 6.04. The van der Waals surface area contributed by atoms with Gasteiger partial charge in [0.1, 0.15) is 11.9 Å². The van der Waals surface area contributed by atoms with E-state index in [1.807, 2.05) is 30.3 Å². The van der Waals surface area contributed by atoms with E-state index in [1.54, 1.807) is 73.1 Å². The summed E-state index contributed by atoms with van der Waals surface area (Å²) >= 11 is 0. The van der Waals surface area contributed by atoms with Gasteiger partial charge in [-0.2, -0.15) is 0 Å². The lowest BCUT2D eigenvalue weighted by Crippen LogP contribution is -2.22. The number of anilines is 2. The highest BCUT2D eigenvalue weighted by atomic mass is 16.5. The van der Waals surface area contributed by atoms with Crippen molar-refractivity contribution in [2.45, 2.75) is 19.1 Å². The number of guanidine groups is 1. The van der Waals surface area contributed by atoms with Crippen LogP contribution >= 0.6 is 0 Å². The molecule has 38 heavy (non-hydrogen) atoms. The van der Waals surface area contributed by atoms with E-state index >= 15 is 0 Å². The molecule has 0 aliphatic rings. The third-order valence-corrected chi connectivity index (χ3v) is 5.50. The van der Waals surface area contributed by atoms with Crippen LogP contribution in [0.25, 0.3) is 0 Å². The first kappa shape index (κ1) is 25.9. The van der Waals surface area contributed by atoms with Gasteiger partial charge in [0, 0.05) is 34.9 Å². The Morgan fingerprint density at radius 3 is 2.24 bits per heavy atom. The van der Waals surface area contributed by atoms with E-state index in [2.05, 4.69) is 20.6 Å². The molecule has 0 bridgehead atoms. The van der Waals surface area contributed by atoms with Crippen LogP contribution in [0.2, 0.25) is 0 Å². The van der Waals surface area contributed by atoms with Crippen molar-refractivity contribution in [3.63, 3.8) is 0 Å². The largest absolute Gasteiger partial charge is 0.485 e.